The molecule has 0 amide bonds. The Morgan fingerprint density at radius 3 is 2.21 bits per heavy atom. The van der Waals surface area contributed by atoms with Crippen LogP contribution in [0.1, 0.15) is 43.4 Å². The van der Waals surface area contributed by atoms with Crippen molar-refractivity contribution in [2.45, 2.75) is 38.3 Å². The van der Waals surface area contributed by atoms with E-state index in [1.54, 1.807) is 12.1 Å². The molecule has 19 heavy (non-hydrogen) atoms. The van der Waals surface area contributed by atoms with Crippen LogP contribution in [0.5, 0.6) is 0 Å². The van der Waals surface area contributed by atoms with Crippen LogP contribution in [0, 0.1) is 0 Å². The van der Waals surface area contributed by atoms with Crippen molar-refractivity contribution in [1.29, 1.82) is 0 Å². The van der Waals surface area contributed by atoms with Crippen LogP contribution in [0.4, 0.5) is 8.78 Å². The number of aliphatic hydroxyl groups is 1. The van der Waals surface area contributed by atoms with Crippen molar-refractivity contribution in [2.75, 3.05) is 13.2 Å². The van der Waals surface area contributed by atoms with Crippen LogP contribution in [0.3, 0.4) is 0 Å². The van der Waals surface area contributed by atoms with Gasteiger partial charge in [0.1, 0.15) is 0 Å². The normalized spacial score (nSPS) is 14.6. The lowest BCUT2D eigenvalue weighted by Gasteiger charge is -2.24. The summed E-state index contributed by atoms with van der Waals surface area (Å²) in [6.07, 6.45) is -0.912. The molecule has 108 valence electrons. The van der Waals surface area contributed by atoms with Gasteiger partial charge in [0.25, 0.3) is 6.43 Å². The van der Waals surface area contributed by atoms with Gasteiger partial charge in [0.15, 0.2) is 0 Å². The molecule has 0 radical (unpaired) electrons. The first-order valence-corrected chi connectivity index (χ1v) is 6.57. The molecule has 4 N–H and O–H groups in total. The first-order valence-electron chi connectivity index (χ1n) is 6.57. The molecule has 0 aliphatic carbocycles. The maximum absolute atomic E-state index is 12.5. The monoisotopic (exact) mass is 272 g/mol. The fourth-order valence-corrected chi connectivity index (χ4v) is 2.02. The molecule has 1 aromatic carbocycles. The summed E-state index contributed by atoms with van der Waals surface area (Å²) in [5, 5.41) is 12.3. The second-order valence-corrected chi connectivity index (χ2v) is 4.54. The molecule has 2 atom stereocenters. The fraction of sp³-hybridized carbons (Fsp3) is 0.571. The van der Waals surface area contributed by atoms with Gasteiger partial charge in [-0.3, -0.25) is 0 Å². The van der Waals surface area contributed by atoms with Crippen LogP contribution in [0.25, 0.3) is 0 Å². The Morgan fingerprint density at radius 2 is 1.79 bits per heavy atom. The van der Waals surface area contributed by atoms with Crippen LogP contribution in [0.2, 0.25) is 0 Å². The Morgan fingerprint density at radius 1 is 1.21 bits per heavy atom. The Labute approximate surface area is 112 Å². The highest BCUT2D eigenvalue weighted by Gasteiger charge is 2.15. The van der Waals surface area contributed by atoms with Gasteiger partial charge in [-0.15, -0.1) is 0 Å². The van der Waals surface area contributed by atoms with Gasteiger partial charge in [-0.05, 0) is 18.4 Å². The van der Waals surface area contributed by atoms with Crippen LogP contribution < -0.4 is 11.1 Å². The maximum Gasteiger partial charge on any atom is 0.263 e. The number of benzene rings is 1. The lowest BCUT2D eigenvalue weighted by Crippen LogP contribution is -2.37. The van der Waals surface area contributed by atoms with E-state index in [0.29, 0.717) is 13.0 Å². The van der Waals surface area contributed by atoms with E-state index < -0.39 is 6.43 Å². The molecular weight excluding hydrogens is 250 g/mol. The van der Waals surface area contributed by atoms with Gasteiger partial charge in [-0.1, -0.05) is 31.2 Å². The average molecular weight is 272 g/mol. The van der Waals surface area contributed by atoms with Gasteiger partial charge < -0.3 is 16.2 Å². The molecule has 0 aromatic heterocycles. The number of halogens is 2. The largest absolute Gasteiger partial charge is 0.396 e. The van der Waals surface area contributed by atoms with Crippen LogP contribution in [-0.4, -0.2) is 24.3 Å². The predicted molar refractivity (Wildman–Crippen MR) is 72.1 cm³/mol. The Hall–Kier alpha value is -1.04. The van der Waals surface area contributed by atoms with E-state index in [4.69, 9.17) is 10.8 Å². The summed E-state index contributed by atoms with van der Waals surface area (Å²) in [5.74, 6) is 0. The molecule has 2 unspecified atom stereocenters. The lowest BCUT2D eigenvalue weighted by atomic mass is 10.0. The summed E-state index contributed by atoms with van der Waals surface area (Å²) in [4.78, 5) is 0. The highest BCUT2D eigenvalue weighted by molar-refractivity contribution is 5.26. The molecular formula is C14H22F2N2O. The van der Waals surface area contributed by atoms with Crippen LogP contribution in [-0.2, 0) is 0 Å². The van der Waals surface area contributed by atoms with Crippen molar-refractivity contribution in [3.8, 4) is 0 Å². The molecule has 0 aliphatic heterocycles. The smallest absolute Gasteiger partial charge is 0.263 e. The third-order valence-corrected chi connectivity index (χ3v) is 3.23. The zero-order valence-electron chi connectivity index (χ0n) is 11.2. The number of aliphatic hydroxyl groups excluding tert-OH is 1. The lowest BCUT2D eigenvalue weighted by molar-refractivity contribution is 0.151. The van der Waals surface area contributed by atoms with Crippen molar-refractivity contribution in [3.63, 3.8) is 0 Å². The molecule has 0 saturated heterocycles. The first-order chi connectivity index (χ1) is 9.12. The summed E-state index contributed by atoms with van der Waals surface area (Å²) < 4.78 is 25.0. The van der Waals surface area contributed by atoms with E-state index >= 15 is 0 Å². The van der Waals surface area contributed by atoms with Gasteiger partial charge in [0.05, 0.1) is 0 Å². The number of alkyl halides is 2. The number of hydrogen-bond acceptors (Lipinski definition) is 3. The van der Waals surface area contributed by atoms with E-state index in [2.05, 4.69) is 5.32 Å². The van der Waals surface area contributed by atoms with Crippen molar-refractivity contribution >= 4 is 0 Å². The molecule has 1 rings (SSSR count). The fourth-order valence-electron chi connectivity index (χ4n) is 2.02. The Bertz CT molecular complexity index is 357. The summed E-state index contributed by atoms with van der Waals surface area (Å²) in [7, 11) is 0. The summed E-state index contributed by atoms with van der Waals surface area (Å²) in [6.45, 7) is 2.53. The molecule has 0 bridgehead atoms. The van der Waals surface area contributed by atoms with Gasteiger partial charge in [0.2, 0.25) is 0 Å². The number of rotatable bonds is 8. The second kappa shape index (κ2) is 8.19. The third-order valence-electron chi connectivity index (χ3n) is 3.23. The topological polar surface area (TPSA) is 58.3 Å². The van der Waals surface area contributed by atoms with E-state index in [1.165, 1.54) is 12.1 Å². The first kappa shape index (κ1) is 16.0. The van der Waals surface area contributed by atoms with Crippen LogP contribution >= 0.6 is 0 Å². The Kier molecular flexibility index (Phi) is 6.91. The average Bonchev–Trinajstić information content (AvgIpc) is 2.43. The van der Waals surface area contributed by atoms with Crippen molar-refractivity contribution in [1.82, 2.24) is 5.32 Å². The molecule has 0 aliphatic rings. The standard InChI is InChI=1S/C14H22F2N2O/c1-2-12(7-8-19)18-13(9-17)10-3-5-11(6-4-10)14(15)16/h3-6,12-14,18-19H,2,7-9,17H2,1H3. The Balaban J connectivity index is 2.73. The van der Waals surface area contributed by atoms with Gasteiger partial charge in [0, 0.05) is 30.8 Å². The number of nitrogens with one attached hydrogen (secondary N) is 1. The van der Waals surface area contributed by atoms with E-state index in [-0.39, 0.29) is 24.3 Å². The van der Waals surface area contributed by atoms with Crippen molar-refractivity contribution in [3.05, 3.63) is 35.4 Å². The van der Waals surface area contributed by atoms with Crippen molar-refractivity contribution < 1.29 is 13.9 Å². The number of hydrogen-bond donors (Lipinski definition) is 3. The molecule has 0 saturated carbocycles. The summed E-state index contributed by atoms with van der Waals surface area (Å²) >= 11 is 0. The van der Waals surface area contributed by atoms with E-state index in [9.17, 15) is 8.78 Å². The molecule has 5 heteroatoms. The number of nitrogens with two attached hydrogens (primary N) is 1. The summed E-state index contributed by atoms with van der Waals surface area (Å²) in [5.41, 5.74) is 6.64. The maximum atomic E-state index is 12.5. The molecule has 0 fully saturated rings. The zero-order chi connectivity index (χ0) is 14.3. The van der Waals surface area contributed by atoms with Gasteiger partial charge in [-0.25, -0.2) is 8.78 Å². The SMILES string of the molecule is CCC(CCO)NC(CN)c1ccc(C(F)F)cc1. The predicted octanol–water partition coefficient (Wildman–Crippen LogP) is 2.37. The van der Waals surface area contributed by atoms with Crippen molar-refractivity contribution in [2.24, 2.45) is 5.73 Å². The minimum atomic E-state index is -2.45. The second-order valence-electron chi connectivity index (χ2n) is 4.54. The highest BCUT2D eigenvalue weighted by atomic mass is 19.3. The van der Waals surface area contributed by atoms with E-state index in [1.807, 2.05) is 6.92 Å². The zero-order valence-corrected chi connectivity index (χ0v) is 11.2. The quantitative estimate of drug-likeness (QED) is 0.681. The minimum absolute atomic E-state index is 0.0157. The third kappa shape index (κ3) is 4.86. The highest BCUT2D eigenvalue weighted by Crippen LogP contribution is 2.21. The molecule has 0 spiro atoms. The van der Waals surface area contributed by atoms with Gasteiger partial charge in [-0.2, -0.15) is 0 Å². The van der Waals surface area contributed by atoms with Crippen LogP contribution in [0.15, 0.2) is 24.3 Å². The summed E-state index contributed by atoms with van der Waals surface area (Å²) in [6, 6.07) is 6.31. The van der Waals surface area contributed by atoms with E-state index in [0.717, 1.165) is 12.0 Å². The minimum Gasteiger partial charge on any atom is -0.396 e. The molecule has 1 aromatic rings. The molecule has 3 nitrogen and oxygen atoms in total. The van der Waals surface area contributed by atoms with Gasteiger partial charge >= 0.3 is 0 Å². The molecule has 0 heterocycles.